The number of ether oxygens (including phenoxy) is 1. The van der Waals surface area contributed by atoms with E-state index in [1.54, 1.807) is 0 Å². The fourth-order valence-corrected chi connectivity index (χ4v) is 1.81. The van der Waals surface area contributed by atoms with Gasteiger partial charge in [-0.15, -0.1) is 0 Å². The summed E-state index contributed by atoms with van der Waals surface area (Å²) in [5.41, 5.74) is -0.706. The first-order valence-electron chi connectivity index (χ1n) is 5.45. The molecule has 0 aromatic heterocycles. The highest BCUT2D eigenvalue weighted by molar-refractivity contribution is 9.10. The molecule has 90 valence electrons. The van der Waals surface area contributed by atoms with Crippen LogP contribution < -0.4 is 0 Å². The van der Waals surface area contributed by atoms with Crippen LogP contribution in [0.15, 0.2) is 0 Å². The Kier molecular flexibility index (Phi) is 5.48. The van der Waals surface area contributed by atoms with Crippen molar-refractivity contribution in [3.63, 3.8) is 0 Å². The van der Waals surface area contributed by atoms with Gasteiger partial charge in [-0.3, -0.25) is 4.79 Å². The van der Waals surface area contributed by atoms with Crippen molar-refractivity contribution in [3.05, 3.63) is 0 Å². The maximum absolute atomic E-state index is 12.0. The third-order valence-electron chi connectivity index (χ3n) is 2.24. The lowest BCUT2D eigenvalue weighted by molar-refractivity contribution is -0.142. The lowest BCUT2D eigenvalue weighted by Gasteiger charge is -2.30. The number of alkyl halides is 1. The third kappa shape index (κ3) is 5.67. The van der Waals surface area contributed by atoms with Gasteiger partial charge in [0.1, 0.15) is 5.60 Å². The first-order chi connectivity index (χ1) is 6.57. The van der Waals surface area contributed by atoms with E-state index in [2.05, 4.69) is 29.8 Å². The molecule has 0 radical (unpaired) electrons. The predicted octanol–water partition coefficient (Wildman–Crippen LogP) is 3.57. The second-order valence-electron chi connectivity index (χ2n) is 5.34. The highest BCUT2D eigenvalue weighted by atomic mass is 79.9. The molecule has 0 aliphatic heterocycles. The Labute approximate surface area is 102 Å². The average Bonchev–Trinajstić information content (AvgIpc) is 2.00. The van der Waals surface area contributed by atoms with Crippen LogP contribution in [0.4, 0.5) is 0 Å². The first kappa shape index (κ1) is 15.1. The molecule has 0 aliphatic rings. The molecule has 0 N–H and O–H groups in total. The number of Topliss-reactive ketones (excluding diaryl/α,β-unsaturated/α-hetero) is 1. The number of carbonyl (C=O) groups is 1. The van der Waals surface area contributed by atoms with Crippen LogP contribution in [0.1, 0.15) is 48.0 Å². The zero-order valence-electron chi connectivity index (χ0n) is 10.7. The Bertz CT molecular complexity index is 214. The number of hydrogen-bond donors (Lipinski definition) is 0. The number of halogens is 1. The van der Waals surface area contributed by atoms with Crippen LogP contribution in [0.5, 0.6) is 0 Å². The molecular formula is C12H23BrO2. The summed E-state index contributed by atoms with van der Waals surface area (Å²) in [4.78, 5) is 12.0. The standard InChI is InChI=1S/C12H23BrO2/c1-9(2)7-8-15-12(5,6)10(14)11(3,4)13/h9H,7-8H2,1-6H3. The predicted molar refractivity (Wildman–Crippen MR) is 67.5 cm³/mol. The van der Waals surface area contributed by atoms with Crippen LogP contribution in [0.2, 0.25) is 0 Å². The number of rotatable bonds is 6. The van der Waals surface area contributed by atoms with Crippen molar-refractivity contribution < 1.29 is 9.53 Å². The molecule has 0 heterocycles. The van der Waals surface area contributed by atoms with Gasteiger partial charge in [-0.1, -0.05) is 29.8 Å². The van der Waals surface area contributed by atoms with Gasteiger partial charge in [0.15, 0.2) is 5.78 Å². The van der Waals surface area contributed by atoms with Crippen LogP contribution >= 0.6 is 15.9 Å². The summed E-state index contributed by atoms with van der Waals surface area (Å²) in [5.74, 6) is 0.687. The van der Waals surface area contributed by atoms with Crippen molar-refractivity contribution >= 4 is 21.7 Å². The lowest BCUT2D eigenvalue weighted by atomic mass is 9.94. The fraction of sp³-hybridized carbons (Fsp3) is 0.917. The molecule has 0 atom stereocenters. The fourth-order valence-electron chi connectivity index (χ4n) is 1.33. The zero-order chi connectivity index (χ0) is 12.3. The molecule has 0 rings (SSSR count). The molecule has 15 heavy (non-hydrogen) atoms. The first-order valence-corrected chi connectivity index (χ1v) is 6.24. The molecule has 2 nitrogen and oxygen atoms in total. The van der Waals surface area contributed by atoms with Gasteiger partial charge in [0, 0.05) is 6.61 Å². The lowest BCUT2D eigenvalue weighted by Crippen LogP contribution is -2.45. The molecule has 0 aliphatic carbocycles. The summed E-state index contributed by atoms with van der Waals surface area (Å²) in [7, 11) is 0. The van der Waals surface area contributed by atoms with E-state index in [9.17, 15) is 4.79 Å². The van der Waals surface area contributed by atoms with Gasteiger partial charge in [-0.2, -0.15) is 0 Å². The van der Waals surface area contributed by atoms with Gasteiger partial charge in [-0.25, -0.2) is 0 Å². The van der Waals surface area contributed by atoms with E-state index in [1.165, 1.54) is 0 Å². The van der Waals surface area contributed by atoms with E-state index < -0.39 is 9.93 Å². The molecule has 0 amide bonds. The summed E-state index contributed by atoms with van der Waals surface area (Å²) >= 11 is 3.37. The Balaban J connectivity index is 4.24. The van der Waals surface area contributed by atoms with Crippen molar-refractivity contribution in [2.24, 2.45) is 5.92 Å². The molecule has 3 heteroatoms. The van der Waals surface area contributed by atoms with Gasteiger partial charge >= 0.3 is 0 Å². The maximum atomic E-state index is 12.0. The highest BCUT2D eigenvalue weighted by Gasteiger charge is 2.38. The second kappa shape index (κ2) is 5.44. The third-order valence-corrected chi connectivity index (χ3v) is 2.60. The van der Waals surface area contributed by atoms with Crippen molar-refractivity contribution in [3.8, 4) is 0 Å². The number of hydrogen-bond acceptors (Lipinski definition) is 2. The Hall–Kier alpha value is 0.110. The summed E-state index contributed by atoms with van der Waals surface area (Å²) < 4.78 is 5.13. The summed E-state index contributed by atoms with van der Waals surface area (Å²) in [6.07, 6.45) is 0.986. The van der Waals surface area contributed by atoms with E-state index in [1.807, 2.05) is 27.7 Å². The van der Waals surface area contributed by atoms with Crippen LogP contribution in [0.25, 0.3) is 0 Å². The van der Waals surface area contributed by atoms with Gasteiger partial charge in [0.2, 0.25) is 0 Å². The van der Waals surface area contributed by atoms with E-state index in [0.29, 0.717) is 12.5 Å². The minimum atomic E-state index is -0.706. The molecule has 0 aromatic rings. The normalized spacial score (nSPS) is 13.3. The maximum Gasteiger partial charge on any atom is 0.180 e. The van der Waals surface area contributed by atoms with Gasteiger partial charge in [0.05, 0.1) is 4.32 Å². The zero-order valence-corrected chi connectivity index (χ0v) is 12.3. The molecule has 0 unspecified atom stereocenters. The SMILES string of the molecule is CC(C)CCOC(C)(C)C(=O)C(C)(C)Br. The molecule has 0 bridgehead atoms. The minimum absolute atomic E-state index is 0.0822. The monoisotopic (exact) mass is 278 g/mol. The van der Waals surface area contributed by atoms with Crippen molar-refractivity contribution in [2.45, 2.75) is 57.9 Å². The van der Waals surface area contributed by atoms with Gasteiger partial charge in [0.25, 0.3) is 0 Å². The summed E-state index contributed by atoms with van der Waals surface area (Å²) in [6, 6.07) is 0. The van der Waals surface area contributed by atoms with E-state index >= 15 is 0 Å². The quantitative estimate of drug-likeness (QED) is 0.695. The van der Waals surface area contributed by atoms with Gasteiger partial charge < -0.3 is 4.74 Å². The van der Waals surface area contributed by atoms with Crippen LogP contribution in [-0.2, 0) is 9.53 Å². The molecular weight excluding hydrogens is 256 g/mol. The highest BCUT2D eigenvalue weighted by Crippen LogP contribution is 2.26. The molecule has 0 saturated heterocycles. The van der Waals surface area contributed by atoms with Crippen molar-refractivity contribution in [1.29, 1.82) is 0 Å². The van der Waals surface area contributed by atoms with Crippen molar-refractivity contribution in [2.75, 3.05) is 6.61 Å². The Morgan fingerprint density at radius 3 is 2.07 bits per heavy atom. The van der Waals surface area contributed by atoms with E-state index in [0.717, 1.165) is 6.42 Å². The van der Waals surface area contributed by atoms with Crippen LogP contribution in [0, 0.1) is 5.92 Å². The Morgan fingerprint density at radius 1 is 1.27 bits per heavy atom. The molecule has 0 aromatic carbocycles. The van der Waals surface area contributed by atoms with Gasteiger partial charge in [-0.05, 0) is 40.0 Å². The smallest absolute Gasteiger partial charge is 0.180 e. The molecule has 0 saturated carbocycles. The minimum Gasteiger partial charge on any atom is -0.368 e. The largest absolute Gasteiger partial charge is 0.368 e. The van der Waals surface area contributed by atoms with Crippen molar-refractivity contribution in [1.82, 2.24) is 0 Å². The topological polar surface area (TPSA) is 26.3 Å². The van der Waals surface area contributed by atoms with E-state index in [-0.39, 0.29) is 5.78 Å². The average molecular weight is 279 g/mol. The number of ketones is 1. The van der Waals surface area contributed by atoms with E-state index in [4.69, 9.17) is 4.74 Å². The Morgan fingerprint density at radius 2 is 1.73 bits per heavy atom. The molecule has 0 fully saturated rings. The summed E-state index contributed by atoms with van der Waals surface area (Å²) in [6.45, 7) is 12.3. The molecule has 0 spiro atoms. The second-order valence-corrected chi connectivity index (χ2v) is 7.33. The van der Waals surface area contributed by atoms with Crippen LogP contribution in [-0.4, -0.2) is 22.3 Å². The summed E-state index contributed by atoms with van der Waals surface area (Å²) in [5, 5.41) is 0. The van der Waals surface area contributed by atoms with Crippen LogP contribution in [0.3, 0.4) is 0 Å². The number of carbonyl (C=O) groups excluding carboxylic acids is 1.